The number of hydrogen-bond acceptors (Lipinski definition) is 5. The number of carboxylic acid groups (broad SMARTS) is 1. The Morgan fingerprint density at radius 3 is 2.79 bits per heavy atom. The van der Waals surface area contributed by atoms with E-state index < -0.39 is 17.2 Å². The molecule has 6 nitrogen and oxygen atoms in total. The van der Waals surface area contributed by atoms with Gasteiger partial charge in [0, 0.05) is 35.3 Å². The number of carbonyl (C=O) groups is 1. The highest BCUT2D eigenvalue weighted by atomic mass is 32.1. The average Bonchev–Trinajstić information content (AvgIpc) is 3.18. The van der Waals surface area contributed by atoms with Crippen LogP contribution in [0.4, 0.5) is 4.39 Å². The summed E-state index contributed by atoms with van der Waals surface area (Å²) in [6, 6.07) is 8.10. The number of hydrogen-bond donors (Lipinski definition) is 1. The molecule has 0 radical (unpaired) electrons. The van der Waals surface area contributed by atoms with Crippen molar-refractivity contribution in [3.63, 3.8) is 0 Å². The number of thiazole rings is 1. The van der Waals surface area contributed by atoms with Crippen LogP contribution >= 0.6 is 11.3 Å². The van der Waals surface area contributed by atoms with Gasteiger partial charge in [-0.05, 0) is 31.2 Å². The summed E-state index contributed by atoms with van der Waals surface area (Å²) in [6.07, 6.45) is 2.95. The quantitative estimate of drug-likeness (QED) is 0.564. The van der Waals surface area contributed by atoms with E-state index in [-0.39, 0.29) is 16.5 Å². The molecule has 0 unspecified atom stereocenters. The predicted molar refractivity (Wildman–Crippen MR) is 105 cm³/mol. The lowest BCUT2D eigenvalue weighted by molar-refractivity contribution is 0.0695. The van der Waals surface area contributed by atoms with Crippen LogP contribution in [0.3, 0.4) is 0 Å². The Kier molecular flexibility index (Phi) is 4.48. The molecule has 28 heavy (non-hydrogen) atoms. The van der Waals surface area contributed by atoms with Crippen LogP contribution in [-0.4, -0.2) is 25.6 Å². The van der Waals surface area contributed by atoms with Gasteiger partial charge in [-0.2, -0.15) is 0 Å². The molecule has 140 valence electrons. The normalized spacial score (nSPS) is 11.1. The maximum atomic E-state index is 14.8. The lowest BCUT2D eigenvalue weighted by atomic mass is 10.1. The molecule has 0 bridgehead atoms. The number of nitrogens with zero attached hydrogens (tertiary/aromatic N) is 3. The fourth-order valence-electron chi connectivity index (χ4n) is 3.02. The van der Waals surface area contributed by atoms with Gasteiger partial charge in [-0.3, -0.25) is 9.78 Å². The second-order valence-electron chi connectivity index (χ2n) is 6.07. The number of carboxylic acids is 1. The molecule has 0 spiro atoms. The zero-order valence-electron chi connectivity index (χ0n) is 14.7. The third kappa shape index (κ3) is 2.97. The largest absolute Gasteiger partial charge is 0.477 e. The highest BCUT2D eigenvalue weighted by molar-refractivity contribution is 7.13. The average molecular weight is 395 g/mol. The maximum Gasteiger partial charge on any atom is 0.341 e. The van der Waals surface area contributed by atoms with Gasteiger partial charge in [0.2, 0.25) is 5.43 Å². The van der Waals surface area contributed by atoms with Crippen LogP contribution in [0.25, 0.3) is 32.9 Å². The molecule has 3 aromatic heterocycles. The molecular weight excluding hydrogens is 381 g/mol. The lowest BCUT2D eigenvalue weighted by Crippen LogP contribution is -2.19. The van der Waals surface area contributed by atoms with Gasteiger partial charge in [-0.1, -0.05) is 6.07 Å². The topological polar surface area (TPSA) is 85.1 Å². The molecular formula is C20H14FN3O3S. The molecule has 0 saturated heterocycles. The second kappa shape index (κ2) is 6.97. The summed E-state index contributed by atoms with van der Waals surface area (Å²) < 4.78 is 16.4. The highest BCUT2D eigenvalue weighted by Crippen LogP contribution is 2.32. The molecule has 0 amide bonds. The molecule has 0 saturated carbocycles. The molecule has 1 N–H and O–H groups in total. The number of aromatic nitrogens is 3. The molecule has 1 aromatic carbocycles. The van der Waals surface area contributed by atoms with Crippen LogP contribution in [0.15, 0.2) is 52.9 Å². The molecule has 0 aliphatic rings. The first kappa shape index (κ1) is 18.0. The Bertz CT molecular complexity index is 1270. The van der Waals surface area contributed by atoms with Gasteiger partial charge in [0.15, 0.2) is 0 Å². The van der Waals surface area contributed by atoms with Crippen molar-refractivity contribution in [1.29, 1.82) is 0 Å². The number of halogens is 1. The lowest BCUT2D eigenvalue weighted by Gasteiger charge is -2.11. The van der Waals surface area contributed by atoms with Crippen LogP contribution in [-0.2, 0) is 6.54 Å². The number of aryl methyl sites for hydroxylation is 1. The first-order valence-corrected chi connectivity index (χ1v) is 9.35. The fraction of sp³-hybridized carbons (Fsp3) is 0.100. The third-order valence-corrected chi connectivity index (χ3v) is 5.28. The Labute approximate surface area is 162 Å². The van der Waals surface area contributed by atoms with E-state index in [1.54, 1.807) is 28.3 Å². The van der Waals surface area contributed by atoms with E-state index in [2.05, 4.69) is 9.97 Å². The minimum Gasteiger partial charge on any atom is -0.477 e. The minimum atomic E-state index is -1.33. The summed E-state index contributed by atoms with van der Waals surface area (Å²) in [7, 11) is 0. The van der Waals surface area contributed by atoms with Crippen molar-refractivity contribution in [1.82, 2.24) is 14.5 Å². The molecule has 0 aliphatic carbocycles. The fourth-order valence-corrected chi connectivity index (χ4v) is 3.85. The zero-order chi connectivity index (χ0) is 19.8. The van der Waals surface area contributed by atoms with Gasteiger partial charge in [-0.15, -0.1) is 11.3 Å². The molecule has 0 fully saturated rings. The van der Waals surface area contributed by atoms with E-state index in [0.717, 1.165) is 6.07 Å². The number of aromatic carboxylic acids is 1. The van der Waals surface area contributed by atoms with Crippen molar-refractivity contribution in [2.75, 3.05) is 0 Å². The number of pyridine rings is 2. The first-order chi connectivity index (χ1) is 13.5. The smallest absolute Gasteiger partial charge is 0.341 e. The molecule has 4 aromatic rings. The Morgan fingerprint density at radius 1 is 1.29 bits per heavy atom. The monoisotopic (exact) mass is 395 g/mol. The van der Waals surface area contributed by atoms with Gasteiger partial charge in [0.25, 0.3) is 0 Å². The summed E-state index contributed by atoms with van der Waals surface area (Å²) in [6.45, 7) is 2.25. The Morgan fingerprint density at radius 2 is 2.11 bits per heavy atom. The van der Waals surface area contributed by atoms with Crippen molar-refractivity contribution in [2.45, 2.75) is 13.5 Å². The summed E-state index contributed by atoms with van der Waals surface area (Å²) in [5.74, 6) is -1.96. The van der Waals surface area contributed by atoms with E-state index in [4.69, 9.17) is 0 Å². The van der Waals surface area contributed by atoms with Crippen LogP contribution in [0.1, 0.15) is 17.3 Å². The number of fused-ring (bicyclic) bond motifs is 1. The van der Waals surface area contributed by atoms with Crippen molar-refractivity contribution < 1.29 is 14.3 Å². The zero-order valence-corrected chi connectivity index (χ0v) is 15.5. The third-order valence-electron chi connectivity index (χ3n) is 4.40. The van der Waals surface area contributed by atoms with Crippen LogP contribution in [0.2, 0.25) is 0 Å². The number of benzene rings is 1. The van der Waals surface area contributed by atoms with Crippen LogP contribution in [0, 0.1) is 5.82 Å². The second-order valence-corrected chi connectivity index (χ2v) is 6.92. The van der Waals surface area contributed by atoms with Gasteiger partial charge in [-0.25, -0.2) is 14.2 Å². The SMILES string of the molecule is CCn1cc(C(=O)O)c(=O)c2cc(F)c(-c3nc(-c4ccccn4)cs3)cc21. The standard InChI is InChI=1S/C20H14FN3O3S/c1-2-24-9-13(20(26)27)18(25)12-7-14(21)11(8-17(12)24)19-23-16(10-28-19)15-5-3-4-6-22-15/h3-10H,2H2,1H3,(H,26,27). The van der Waals surface area contributed by atoms with Crippen molar-refractivity contribution in [3.05, 3.63) is 69.7 Å². The summed E-state index contributed by atoms with van der Waals surface area (Å²) in [5, 5.41) is 11.5. The van der Waals surface area contributed by atoms with Crippen molar-refractivity contribution >= 4 is 28.2 Å². The van der Waals surface area contributed by atoms with Crippen molar-refractivity contribution in [2.24, 2.45) is 0 Å². The molecule has 0 aliphatic heterocycles. The Balaban J connectivity index is 1.91. The summed E-state index contributed by atoms with van der Waals surface area (Å²) in [5.41, 5.74) is 0.948. The van der Waals surface area contributed by atoms with E-state index in [9.17, 15) is 19.1 Å². The van der Waals surface area contributed by atoms with E-state index in [0.29, 0.717) is 28.5 Å². The van der Waals surface area contributed by atoms with E-state index >= 15 is 0 Å². The van der Waals surface area contributed by atoms with E-state index in [1.165, 1.54) is 17.5 Å². The van der Waals surface area contributed by atoms with Crippen LogP contribution < -0.4 is 5.43 Å². The summed E-state index contributed by atoms with van der Waals surface area (Å²) in [4.78, 5) is 32.5. The maximum absolute atomic E-state index is 14.8. The predicted octanol–water partition coefficient (Wildman–Crippen LogP) is 4.04. The molecule has 8 heteroatoms. The molecule has 0 atom stereocenters. The highest BCUT2D eigenvalue weighted by Gasteiger charge is 2.18. The molecule has 4 rings (SSSR count). The summed E-state index contributed by atoms with van der Waals surface area (Å²) >= 11 is 1.27. The van der Waals surface area contributed by atoms with Gasteiger partial charge in [0.1, 0.15) is 22.1 Å². The molecule has 3 heterocycles. The minimum absolute atomic E-state index is 0.0319. The first-order valence-electron chi connectivity index (χ1n) is 8.47. The van der Waals surface area contributed by atoms with Crippen molar-refractivity contribution in [3.8, 4) is 22.0 Å². The van der Waals surface area contributed by atoms with Gasteiger partial charge >= 0.3 is 5.97 Å². The van der Waals surface area contributed by atoms with E-state index in [1.807, 2.05) is 19.1 Å². The van der Waals surface area contributed by atoms with Crippen LogP contribution in [0.5, 0.6) is 0 Å². The van der Waals surface area contributed by atoms with Gasteiger partial charge in [0.05, 0.1) is 11.2 Å². The Hall–Kier alpha value is -3.39. The number of rotatable bonds is 4. The van der Waals surface area contributed by atoms with Gasteiger partial charge < -0.3 is 9.67 Å².